The van der Waals surface area contributed by atoms with Crippen LogP contribution in [0.2, 0.25) is 0 Å². The summed E-state index contributed by atoms with van der Waals surface area (Å²) in [5.74, 6) is 1.00. The molecule has 1 aliphatic carbocycles. The summed E-state index contributed by atoms with van der Waals surface area (Å²) in [4.78, 5) is 11.6. The Bertz CT molecular complexity index is 925. The van der Waals surface area contributed by atoms with E-state index in [1.165, 1.54) is 48.8 Å². The number of aryl methyl sites for hydroxylation is 1. The van der Waals surface area contributed by atoms with Crippen LogP contribution in [-0.2, 0) is 22.4 Å². The Labute approximate surface area is 192 Å². The lowest BCUT2D eigenvalue weighted by Crippen LogP contribution is -2.13. The largest absolute Gasteiger partial charge is 0.490 e. The standard InChI is InChI=1S/C28H36O4/c1-4-21-18-24(22-8-6-5-7-9-22)12-13-26(21)25-11-10-23(14-15-29)27(19-25)31-16-17-32-28(30)20(2)3/h10-13,18-19,22,29H,2,4-9,14-17H2,1,3H3. The van der Waals surface area contributed by atoms with Gasteiger partial charge in [-0.2, -0.15) is 0 Å². The molecule has 1 saturated carbocycles. The van der Waals surface area contributed by atoms with Crippen LogP contribution in [-0.4, -0.2) is 30.9 Å². The number of hydrogen-bond donors (Lipinski definition) is 1. The zero-order valence-electron chi connectivity index (χ0n) is 19.5. The van der Waals surface area contributed by atoms with Gasteiger partial charge in [0.05, 0.1) is 0 Å². The monoisotopic (exact) mass is 436 g/mol. The molecule has 0 aliphatic heterocycles. The first kappa shape index (κ1) is 24.1. The lowest BCUT2D eigenvalue weighted by molar-refractivity contribution is -0.139. The third-order valence-electron chi connectivity index (χ3n) is 6.27. The van der Waals surface area contributed by atoms with E-state index in [2.05, 4.69) is 37.8 Å². The molecule has 4 heteroatoms. The molecule has 1 aliphatic rings. The molecule has 0 atom stereocenters. The van der Waals surface area contributed by atoms with Gasteiger partial charge >= 0.3 is 5.97 Å². The second-order valence-corrected chi connectivity index (χ2v) is 8.67. The van der Waals surface area contributed by atoms with Gasteiger partial charge in [0.1, 0.15) is 19.0 Å². The molecule has 0 unspecified atom stereocenters. The Morgan fingerprint density at radius 1 is 1.06 bits per heavy atom. The number of esters is 1. The number of hydrogen-bond acceptors (Lipinski definition) is 4. The highest BCUT2D eigenvalue weighted by Crippen LogP contribution is 2.36. The molecule has 4 nitrogen and oxygen atoms in total. The zero-order valence-corrected chi connectivity index (χ0v) is 19.5. The van der Waals surface area contributed by atoms with Crippen molar-refractivity contribution in [3.63, 3.8) is 0 Å². The van der Waals surface area contributed by atoms with Crippen molar-refractivity contribution in [3.05, 3.63) is 65.2 Å². The molecule has 0 bridgehead atoms. The fourth-order valence-corrected chi connectivity index (χ4v) is 4.47. The van der Waals surface area contributed by atoms with Crippen LogP contribution in [0.25, 0.3) is 11.1 Å². The number of ether oxygens (including phenoxy) is 2. The van der Waals surface area contributed by atoms with Gasteiger partial charge in [0.15, 0.2) is 0 Å². The highest BCUT2D eigenvalue weighted by Gasteiger charge is 2.17. The molecular formula is C28H36O4. The van der Waals surface area contributed by atoms with Gasteiger partial charge in [-0.15, -0.1) is 0 Å². The zero-order chi connectivity index (χ0) is 22.9. The number of carbonyl (C=O) groups excluding carboxylic acids is 1. The van der Waals surface area contributed by atoms with Crippen LogP contribution in [0.1, 0.15) is 68.6 Å². The summed E-state index contributed by atoms with van der Waals surface area (Å²) in [5, 5.41) is 9.44. The second kappa shape index (κ2) is 11.9. The fraction of sp³-hybridized carbons (Fsp3) is 0.464. The van der Waals surface area contributed by atoms with Crippen molar-refractivity contribution in [2.75, 3.05) is 19.8 Å². The van der Waals surface area contributed by atoms with E-state index in [1.54, 1.807) is 6.92 Å². The number of carbonyl (C=O) groups is 1. The molecule has 0 saturated heterocycles. The van der Waals surface area contributed by atoms with E-state index in [4.69, 9.17) is 9.47 Å². The molecule has 1 fully saturated rings. The van der Waals surface area contributed by atoms with Gasteiger partial charge in [0.2, 0.25) is 0 Å². The molecule has 0 spiro atoms. The van der Waals surface area contributed by atoms with Crippen LogP contribution in [0.3, 0.4) is 0 Å². The minimum atomic E-state index is -0.413. The van der Waals surface area contributed by atoms with Crippen LogP contribution in [0.15, 0.2) is 48.6 Å². The summed E-state index contributed by atoms with van der Waals surface area (Å²) in [7, 11) is 0. The van der Waals surface area contributed by atoms with E-state index in [1.807, 2.05) is 12.1 Å². The lowest BCUT2D eigenvalue weighted by Gasteiger charge is -2.23. The Kier molecular flexibility index (Phi) is 8.92. The van der Waals surface area contributed by atoms with E-state index >= 15 is 0 Å². The van der Waals surface area contributed by atoms with Gasteiger partial charge in [-0.3, -0.25) is 0 Å². The first-order chi connectivity index (χ1) is 15.5. The van der Waals surface area contributed by atoms with Gasteiger partial charge in [-0.05, 0) is 72.4 Å². The number of aliphatic hydroxyl groups is 1. The molecule has 2 aromatic rings. The van der Waals surface area contributed by atoms with Gasteiger partial charge < -0.3 is 14.6 Å². The van der Waals surface area contributed by atoms with E-state index < -0.39 is 5.97 Å². The Hall–Kier alpha value is -2.59. The highest BCUT2D eigenvalue weighted by atomic mass is 16.6. The molecule has 2 aromatic carbocycles. The third-order valence-corrected chi connectivity index (χ3v) is 6.27. The van der Waals surface area contributed by atoms with Crippen LogP contribution in [0.4, 0.5) is 0 Å². The molecule has 0 amide bonds. The smallest absolute Gasteiger partial charge is 0.333 e. The normalized spacial score (nSPS) is 14.2. The predicted octanol–water partition coefficient (Wildman–Crippen LogP) is 6.00. The maximum atomic E-state index is 11.6. The van der Waals surface area contributed by atoms with Gasteiger partial charge in [0, 0.05) is 12.2 Å². The van der Waals surface area contributed by atoms with Crippen molar-refractivity contribution in [3.8, 4) is 16.9 Å². The van der Waals surface area contributed by atoms with Crippen LogP contribution < -0.4 is 4.74 Å². The first-order valence-electron chi connectivity index (χ1n) is 11.9. The van der Waals surface area contributed by atoms with Crippen molar-refractivity contribution >= 4 is 5.97 Å². The van der Waals surface area contributed by atoms with E-state index in [-0.39, 0.29) is 19.8 Å². The third kappa shape index (κ3) is 6.23. The summed E-state index contributed by atoms with van der Waals surface area (Å²) < 4.78 is 11.1. The average molecular weight is 437 g/mol. The second-order valence-electron chi connectivity index (χ2n) is 8.67. The van der Waals surface area contributed by atoms with Crippen LogP contribution in [0, 0.1) is 0 Å². The Balaban J connectivity index is 1.80. The summed E-state index contributed by atoms with van der Waals surface area (Å²) in [6.07, 6.45) is 8.12. The Morgan fingerprint density at radius 3 is 2.53 bits per heavy atom. The van der Waals surface area contributed by atoms with Crippen LogP contribution >= 0.6 is 0 Å². The number of rotatable bonds is 10. The molecule has 3 rings (SSSR count). The molecule has 0 heterocycles. The molecular weight excluding hydrogens is 400 g/mol. The lowest BCUT2D eigenvalue weighted by atomic mass is 9.82. The fourth-order valence-electron chi connectivity index (χ4n) is 4.47. The maximum Gasteiger partial charge on any atom is 0.333 e. The van der Waals surface area contributed by atoms with Crippen molar-refractivity contribution in [2.24, 2.45) is 0 Å². The summed E-state index contributed by atoms with van der Waals surface area (Å²) in [6.45, 7) is 7.87. The SMILES string of the molecule is C=C(C)C(=O)OCCOc1cc(-c2ccc(C3CCCCC3)cc2CC)ccc1CCO. The minimum Gasteiger partial charge on any atom is -0.490 e. The topological polar surface area (TPSA) is 55.8 Å². The van der Waals surface area contributed by atoms with Gasteiger partial charge in [-0.25, -0.2) is 4.79 Å². The average Bonchev–Trinajstić information content (AvgIpc) is 2.82. The van der Waals surface area contributed by atoms with E-state index in [0.29, 0.717) is 17.9 Å². The number of aliphatic hydroxyl groups excluding tert-OH is 1. The Morgan fingerprint density at radius 2 is 1.84 bits per heavy atom. The molecule has 32 heavy (non-hydrogen) atoms. The van der Waals surface area contributed by atoms with E-state index in [9.17, 15) is 9.90 Å². The summed E-state index contributed by atoms with van der Waals surface area (Å²) >= 11 is 0. The van der Waals surface area contributed by atoms with Crippen molar-refractivity contribution in [1.82, 2.24) is 0 Å². The highest BCUT2D eigenvalue weighted by molar-refractivity contribution is 5.86. The number of benzene rings is 2. The molecule has 0 aromatic heterocycles. The van der Waals surface area contributed by atoms with Crippen LogP contribution in [0.5, 0.6) is 5.75 Å². The maximum absolute atomic E-state index is 11.6. The quantitative estimate of drug-likeness (QED) is 0.282. The first-order valence-corrected chi connectivity index (χ1v) is 11.9. The van der Waals surface area contributed by atoms with E-state index in [0.717, 1.165) is 23.3 Å². The van der Waals surface area contributed by atoms with Crippen molar-refractivity contribution < 1.29 is 19.4 Å². The van der Waals surface area contributed by atoms with Crippen molar-refractivity contribution in [2.45, 2.75) is 64.7 Å². The van der Waals surface area contributed by atoms with Crippen molar-refractivity contribution in [1.29, 1.82) is 0 Å². The van der Waals surface area contributed by atoms with Gasteiger partial charge in [0.25, 0.3) is 0 Å². The summed E-state index contributed by atoms with van der Waals surface area (Å²) in [5.41, 5.74) is 6.47. The minimum absolute atomic E-state index is 0.0522. The van der Waals surface area contributed by atoms with Gasteiger partial charge in [-0.1, -0.05) is 63.1 Å². The molecule has 0 radical (unpaired) electrons. The predicted molar refractivity (Wildman–Crippen MR) is 129 cm³/mol. The molecule has 172 valence electrons. The summed E-state index contributed by atoms with van der Waals surface area (Å²) in [6, 6.07) is 13.1. The molecule has 1 N–H and O–H groups in total.